The van der Waals surface area contributed by atoms with Crippen molar-refractivity contribution in [2.75, 3.05) is 13.1 Å². The Bertz CT molecular complexity index is 513. The van der Waals surface area contributed by atoms with Crippen LogP contribution in [0.15, 0.2) is 54.9 Å². The molecule has 0 aliphatic rings. The lowest BCUT2D eigenvalue weighted by Crippen LogP contribution is -2.21. The van der Waals surface area contributed by atoms with Crippen molar-refractivity contribution in [2.45, 2.75) is 13.8 Å². The van der Waals surface area contributed by atoms with Crippen LogP contribution in [0.3, 0.4) is 0 Å². The molecule has 0 bridgehead atoms. The van der Waals surface area contributed by atoms with Gasteiger partial charge in [-0.3, -0.25) is 4.98 Å². The van der Waals surface area contributed by atoms with Crippen molar-refractivity contribution in [1.29, 1.82) is 0 Å². The molecule has 0 aliphatic carbocycles. The molecule has 1 aromatic carbocycles. The Kier molecular flexibility index (Phi) is 4.73. The number of aromatic nitrogens is 1. The molecule has 0 saturated carbocycles. The maximum absolute atomic E-state index is 4.10. The molecule has 0 unspecified atom stereocenters. The lowest BCUT2D eigenvalue weighted by molar-refractivity contribution is 0.443. The second-order valence-corrected chi connectivity index (χ2v) is 4.35. The Balaban J connectivity index is 2.43. The van der Waals surface area contributed by atoms with E-state index in [1.807, 2.05) is 18.5 Å². The quantitative estimate of drug-likeness (QED) is 0.801. The fourth-order valence-corrected chi connectivity index (χ4v) is 2.15. The predicted molar refractivity (Wildman–Crippen MR) is 81.5 cm³/mol. The maximum Gasteiger partial charge on any atom is 0.0446 e. The summed E-state index contributed by atoms with van der Waals surface area (Å²) < 4.78 is 0. The van der Waals surface area contributed by atoms with E-state index in [4.69, 9.17) is 0 Å². The molecule has 0 fully saturated rings. The van der Waals surface area contributed by atoms with Gasteiger partial charge in [-0.1, -0.05) is 30.3 Å². The Hall–Kier alpha value is -2.09. The van der Waals surface area contributed by atoms with E-state index in [0.29, 0.717) is 0 Å². The first-order chi connectivity index (χ1) is 9.35. The number of pyridine rings is 1. The molecule has 0 amide bonds. The molecule has 2 nitrogen and oxygen atoms in total. The summed E-state index contributed by atoms with van der Waals surface area (Å²) in [6, 6.07) is 14.6. The molecule has 0 saturated heterocycles. The first-order valence-electron chi connectivity index (χ1n) is 6.77. The van der Waals surface area contributed by atoms with Crippen LogP contribution in [-0.2, 0) is 0 Å². The van der Waals surface area contributed by atoms with Crippen LogP contribution in [0.25, 0.3) is 11.8 Å². The zero-order valence-electron chi connectivity index (χ0n) is 11.6. The zero-order chi connectivity index (χ0) is 13.5. The Morgan fingerprint density at radius 1 is 1.00 bits per heavy atom. The minimum Gasteiger partial charge on any atom is -0.372 e. The third-order valence-corrected chi connectivity index (χ3v) is 3.18. The summed E-state index contributed by atoms with van der Waals surface area (Å²) in [6.07, 6.45) is 5.93. The lowest BCUT2D eigenvalue weighted by atomic mass is 10.1. The van der Waals surface area contributed by atoms with E-state index >= 15 is 0 Å². The van der Waals surface area contributed by atoms with Crippen molar-refractivity contribution in [3.63, 3.8) is 0 Å². The van der Waals surface area contributed by atoms with E-state index in [0.717, 1.165) is 13.1 Å². The summed E-state index contributed by atoms with van der Waals surface area (Å²) in [5.41, 5.74) is 3.68. The highest BCUT2D eigenvalue weighted by Crippen LogP contribution is 2.21. The van der Waals surface area contributed by atoms with Gasteiger partial charge in [0, 0.05) is 36.7 Å². The number of hydrogen-bond acceptors (Lipinski definition) is 2. The van der Waals surface area contributed by atoms with Crippen molar-refractivity contribution in [2.24, 2.45) is 0 Å². The van der Waals surface area contributed by atoms with Gasteiger partial charge >= 0.3 is 0 Å². The van der Waals surface area contributed by atoms with Crippen molar-refractivity contribution in [3.8, 4) is 0 Å². The van der Waals surface area contributed by atoms with E-state index in [-0.39, 0.29) is 0 Å². The fourth-order valence-electron chi connectivity index (χ4n) is 2.15. The Morgan fingerprint density at radius 3 is 2.21 bits per heavy atom. The highest BCUT2D eigenvalue weighted by atomic mass is 15.1. The molecular weight excluding hydrogens is 232 g/mol. The van der Waals surface area contributed by atoms with Gasteiger partial charge in [0.25, 0.3) is 0 Å². The van der Waals surface area contributed by atoms with Gasteiger partial charge in [0.2, 0.25) is 0 Å². The average Bonchev–Trinajstić information content (AvgIpc) is 2.49. The number of nitrogens with zero attached hydrogens (tertiary/aromatic N) is 2. The number of benzene rings is 1. The van der Waals surface area contributed by atoms with Gasteiger partial charge in [0.1, 0.15) is 0 Å². The topological polar surface area (TPSA) is 16.1 Å². The van der Waals surface area contributed by atoms with E-state index in [1.54, 1.807) is 0 Å². The molecule has 1 aromatic heterocycles. The van der Waals surface area contributed by atoms with Crippen LogP contribution in [0, 0.1) is 0 Å². The summed E-state index contributed by atoms with van der Waals surface area (Å²) in [4.78, 5) is 6.46. The third kappa shape index (κ3) is 3.44. The monoisotopic (exact) mass is 252 g/mol. The molecule has 1 heterocycles. The molecule has 2 aromatic rings. The third-order valence-electron chi connectivity index (χ3n) is 3.18. The maximum atomic E-state index is 4.10. The van der Waals surface area contributed by atoms with Crippen molar-refractivity contribution in [1.82, 2.24) is 9.88 Å². The molecule has 0 aliphatic heterocycles. The van der Waals surface area contributed by atoms with Gasteiger partial charge in [-0.2, -0.15) is 0 Å². The molecule has 2 heteroatoms. The molecule has 0 N–H and O–H groups in total. The van der Waals surface area contributed by atoms with Gasteiger partial charge in [-0.15, -0.1) is 0 Å². The zero-order valence-corrected chi connectivity index (χ0v) is 11.6. The van der Waals surface area contributed by atoms with Crippen molar-refractivity contribution >= 4 is 11.8 Å². The highest BCUT2D eigenvalue weighted by molar-refractivity contribution is 5.80. The van der Waals surface area contributed by atoms with Gasteiger partial charge in [-0.05, 0) is 37.6 Å². The molecule has 0 spiro atoms. The minimum atomic E-state index is 0.998. The number of hydrogen-bond donors (Lipinski definition) is 0. The van der Waals surface area contributed by atoms with Gasteiger partial charge in [0.05, 0.1) is 0 Å². The standard InChI is InChI=1S/C17H20N2/c1-3-19(4-2)17(16-10-12-18-13-11-16)14-15-8-6-5-7-9-15/h5-14H,3-4H2,1-2H3. The first-order valence-corrected chi connectivity index (χ1v) is 6.77. The van der Waals surface area contributed by atoms with Crippen LogP contribution >= 0.6 is 0 Å². The molecule has 0 radical (unpaired) electrons. The van der Waals surface area contributed by atoms with Crippen molar-refractivity contribution < 1.29 is 0 Å². The first kappa shape index (κ1) is 13.3. The summed E-state index contributed by atoms with van der Waals surface area (Å²) in [5.74, 6) is 0. The highest BCUT2D eigenvalue weighted by Gasteiger charge is 2.08. The van der Waals surface area contributed by atoms with Crippen LogP contribution in [0.4, 0.5) is 0 Å². The van der Waals surface area contributed by atoms with E-state index in [2.05, 4.69) is 66.2 Å². The second-order valence-electron chi connectivity index (χ2n) is 4.35. The Labute approximate surface area is 115 Å². The lowest BCUT2D eigenvalue weighted by Gasteiger charge is -2.25. The predicted octanol–water partition coefficient (Wildman–Crippen LogP) is 3.92. The fraction of sp³-hybridized carbons (Fsp3) is 0.235. The largest absolute Gasteiger partial charge is 0.372 e. The summed E-state index contributed by atoms with van der Waals surface area (Å²) in [7, 11) is 0. The summed E-state index contributed by atoms with van der Waals surface area (Å²) >= 11 is 0. The van der Waals surface area contributed by atoms with E-state index in [1.165, 1.54) is 16.8 Å². The molecule has 0 atom stereocenters. The smallest absolute Gasteiger partial charge is 0.0446 e. The minimum absolute atomic E-state index is 0.998. The van der Waals surface area contributed by atoms with Gasteiger partial charge in [0.15, 0.2) is 0 Å². The van der Waals surface area contributed by atoms with Crippen LogP contribution in [0.5, 0.6) is 0 Å². The van der Waals surface area contributed by atoms with Crippen LogP contribution in [0.2, 0.25) is 0 Å². The second kappa shape index (κ2) is 6.74. The van der Waals surface area contributed by atoms with Crippen molar-refractivity contribution in [3.05, 3.63) is 66.0 Å². The van der Waals surface area contributed by atoms with Crippen LogP contribution in [0.1, 0.15) is 25.0 Å². The summed E-state index contributed by atoms with van der Waals surface area (Å²) in [5, 5.41) is 0. The van der Waals surface area contributed by atoms with Crippen LogP contribution < -0.4 is 0 Å². The normalized spacial score (nSPS) is 11.4. The molecular formula is C17H20N2. The summed E-state index contributed by atoms with van der Waals surface area (Å²) in [6.45, 7) is 6.36. The van der Waals surface area contributed by atoms with Crippen LogP contribution in [-0.4, -0.2) is 23.0 Å². The number of rotatable bonds is 5. The van der Waals surface area contributed by atoms with Gasteiger partial charge < -0.3 is 4.90 Å². The van der Waals surface area contributed by atoms with E-state index < -0.39 is 0 Å². The average molecular weight is 252 g/mol. The molecule has 98 valence electrons. The van der Waals surface area contributed by atoms with Gasteiger partial charge in [-0.25, -0.2) is 0 Å². The Morgan fingerprint density at radius 2 is 1.63 bits per heavy atom. The van der Waals surface area contributed by atoms with E-state index in [9.17, 15) is 0 Å². The molecule has 19 heavy (non-hydrogen) atoms. The SMILES string of the molecule is CCN(CC)C(=Cc1ccccc1)c1ccncc1. The molecule has 2 rings (SSSR count).